The van der Waals surface area contributed by atoms with Gasteiger partial charge in [0.05, 0.1) is 0 Å². The molecule has 1 aliphatic rings. The summed E-state index contributed by atoms with van der Waals surface area (Å²) in [4.78, 5) is 0. The highest BCUT2D eigenvalue weighted by Crippen LogP contribution is 2.26. The topological polar surface area (TPSA) is 29.5 Å². The van der Waals surface area contributed by atoms with E-state index in [1.165, 1.54) is 6.07 Å². The Labute approximate surface area is 117 Å². The van der Waals surface area contributed by atoms with Gasteiger partial charge < -0.3 is 9.84 Å². The van der Waals surface area contributed by atoms with E-state index < -0.39 is 0 Å². The predicted molar refractivity (Wildman–Crippen MR) is 75.5 cm³/mol. The van der Waals surface area contributed by atoms with Gasteiger partial charge in [-0.1, -0.05) is 17.9 Å². The fourth-order valence-corrected chi connectivity index (χ4v) is 3.11. The van der Waals surface area contributed by atoms with Gasteiger partial charge in [-0.2, -0.15) is 11.8 Å². The van der Waals surface area contributed by atoms with Crippen LogP contribution in [0.4, 0.5) is 4.39 Å². The lowest BCUT2D eigenvalue weighted by Crippen LogP contribution is -2.17. The number of rotatable bonds is 3. The molecule has 0 bridgehead atoms. The van der Waals surface area contributed by atoms with Crippen molar-refractivity contribution in [3.05, 3.63) is 35.1 Å². The molecule has 0 aromatic heterocycles. The summed E-state index contributed by atoms with van der Waals surface area (Å²) in [5.74, 6) is 5.69. The summed E-state index contributed by atoms with van der Waals surface area (Å²) in [5, 5.41) is 9.17. The van der Waals surface area contributed by atoms with Crippen LogP contribution in [0.5, 0.6) is 0 Å². The van der Waals surface area contributed by atoms with E-state index in [4.69, 9.17) is 9.84 Å². The molecule has 0 radical (unpaired) electrons. The highest BCUT2D eigenvalue weighted by molar-refractivity contribution is 7.99. The molecule has 0 amide bonds. The molecule has 1 N–H and O–H groups in total. The molecular formula is C15H17FO2S. The molecule has 0 saturated carbocycles. The van der Waals surface area contributed by atoms with E-state index in [2.05, 4.69) is 11.8 Å². The molecule has 1 saturated heterocycles. The molecule has 0 spiro atoms. The Hall–Kier alpha value is -1.02. The number of benzene rings is 1. The van der Waals surface area contributed by atoms with Gasteiger partial charge in [-0.3, -0.25) is 0 Å². The molecular weight excluding hydrogens is 263 g/mol. The van der Waals surface area contributed by atoms with Crippen molar-refractivity contribution in [1.82, 2.24) is 0 Å². The van der Waals surface area contributed by atoms with Gasteiger partial charge in [-0.15, -0.1) is 0 Å². The Morgan fingerprint density at radius 1 is 1.37 bits per heavy atom. The molecule has 1 fully saturated rings. The molecule has 2 rings (SSSR count). The van der Waals surface area contributed by atoms with Crippen LogP contribution in [0.15, 0.2) is 18.2 Å². The predicted octanol–water partition coefficient (Wildman–Crippen LogP) is 2.58. The van der Waals surface area contributed by atoms with Crippen LogP contribution >= 0.6 is 11.8 Å². The summed E-state index contributed by atoms with van der Waals surface area (Å²) in [5.41, 5.74) is 1.32. The van der Waals surface area contributed by atoms with Crippen molar-refractivity contribution in [2.75, 3.05) is 19.8 Å². The number of hydrogen-bond donors (Lipinski definition) is 1. The van der Waals surface area contributed by atoms with Gasteiger partial charge in [-0.25, -0.2) is 4.39 Å². The minimum atomic E-state index is -0.218. The maximum atomic E-state index is 13.9. The number of ether oxygens (including phenoxy) is 1. The third-order valence-electron chi connectivity index (χ3n) is 3.01. The fraction of sp³-hybridized carbons (Fsp3) is 0.467. The lowest BCUT2D eigenvalue weighted by molar-refractivity contribution is 0.1000. The molecule has 1 aromatic carbocycles. The SMILES string of the molecule is OCC#Cc1ccc(CSC2CCOCC2)c(F)c1. The van der Waals surface area contributed by atoms with Crippen LogP contribution in [-0.4, -0.2) is 30.2 Å². The second-order valence-corrected chi connectivity index (χ2v) is 5.68. The Balaban J connectivity index is 1.93. The first-order chi connectivity index (χ1) is 9.29. The lowest BCUT2D eigenvalue weighted by Gasteiger charge is -2.21. The molecule has 1 aliphatic heterocycles. The highest BCUT2D eigenvalue weighted by atomic mass is 32.2. The van der Waals surface area contributed by atoms with Crippen LogP contribution in [0.1, 0.15) is 24.0 Å². The maximum Gasteiger partial charge on any atom is 0.128 e. The minimum absolute atomic E-state index is 0.205. The summed E-state index contributed by atoms with van der Waals surface area (Å²) in [6, 6.07) is 5.01. The van der Waals surface area contributed by atoms with Crippen molar-refractivity contribution in [3.63, 3.8) is 0 Å². The van der Waals surface area contributed by atoms with Crippen LogP contribution in [-0.2, 0) is 10.5 Å². The molecule has 1 heterocycles. The number of thioether (sulfide) groups is 1. The molecule has 0 aliphatic carbocycles. The van der Waals surface area contributed by atoms with E-state index in [-0.39, 0.29) is 12.4 Å². The van der Waals surface area contributed by atoms with Crippen molar-refractivity contribution in [1.29, 1.82) is 0 Å². The quantitative estimate of drug-likeness (QED) is 0.863. The van der Waals surface area contributed by atoms with E-state index in [1.807, 2.05) is 0 Å². The molecule has 0 unspecified atom stereocenters. The van der Waals surface area contributed by atoms with Gasteiger partial charge in [0, 0.05) is 29.8 Å². The first kappa shape index (κ1) is 14.4. The maximum absolute atomic E-state index is 13.9. The smallest absolute Gasteiger partial charge is 0.128 e. The third kappa shape index (κ3) is 4.54. The molecule has 19 heavy (non-hydrogen) atoms. The van der Waals surface area contributed by atoms with E-state index >= 15 is 0 Å². The molecule has 4 heteroatoms. The van der Waals surface area contributed by atoms with Crippen LogP contribution in [0, 0.1) is 17.7 Å². The molecule has 1 aromatic rings. The third-order valence-corrected chi connectivity index (χ3v) is 4.43. The van der Waals surface area contributed by atoms with Crippen LogP contribution < -0.4 is 0 Å². The van der Waals surface area contributed by atoms with E-state index in [1.54, 1.807) is 23.9 Å². The summed E-state index contributed by atoms with van der Waals surface area (Å²) in [6.45, 7) is 1.43. The Kier molecular flexibility index (Phi) is 5.71. The van der Waals surface area contributed by atoms with Crippen molar-refractivity contribution >= 4 is 11.8 Å². The van der Waals surface area contributed by atoms with Crippen molar-refractivity contribution < 1.29 is 14.2 Å². The van der Waals surface area contributed by atoms with Gasteiger partial charge in [0.25, 0.3) is 0 Å². The second kappa shape index (κ2) is 7.54. The van der Waals surface area contributed by atoms with Crippen LogP contribution in [0.3, 0.4) is 0 Å². The zero-order chi connectivity index (χ0) is 13.5. The normalized spacial score (nSPS) is 15.9. The first-order valence-electron chi connectivity index (χ1n) is 6.37. The van der Waals surface area contributed by atoms with Crippen molar-refractivity contribution in [2.45, 2.75) is 23.8 Å². The van der Waals surface area contributed by atoms with Gasteiger partial charge in [0.1, 0.15) is 12.4 Å². The minimum Gasteiger partial charge on any atom is -0.384 e. The summed E-state index contributed by atoms with van der Waals surface area (Å²) in [7, 11) is 0. The largest absolute Gasteiger partial charge is 0.384 e. The number of aliphatic hydroxyl groups excluding tert-OH is 1. The Bertz CT molecular complexity index is 473. The fourth-order valence-electron chi connectivity index (χ4n) is 1.93. The van der Waals surface area contributed by atoms with E-state index in [0.29, 0.717) is 22.1 Å². The highest BCUT2D eigenvalue weighted by Gasteiger charge is 2.15. The summed E-state index contributed by atoms with van der Waals surface area (Å²) >= 11 is 1.79. The van der Waals surface area contributed by atoms with Gasteiger partial charge >= 0.3 is 0 Å². The van der Waals surface area contributed by atoms with Crippen LogP contribution in [0.2, 0.25) is 0 Å². The van der Waals surface area contributed by atoms with Crippen LogP contribution in [0.25, 0.3) is 0 Å². The van der Waals surface area contributed by atoms with E-state index in [9.17, 15) is 4.39 Å². The Morgan fingerprint density at radius 3 is 2.84 bits per heavy atom. The molecule has 0 atom stereocenters. The van der Waals surface area contributed by atoms with Crippen molar-refractivity contribution in [3.8, 4) is 11.8 Å². The zero-order valence-electron chi connectivity index (χ0n) is 10.7. The number of hydrogen-bond acceptors (Lipinski definition) is 3. The van der Waals surface area contributed by atoms with Gasteiger partial charge in [0.15, 0.2) is 0 Å². The average molecular weight is 280 g/mol. The summed E-state index contributed by atoms with van der Waals surface area (Å²) < 4.78 is 19.2. The first-order valence-corrected chi connectivity index (χ1v) is 7.42. The van der Waals surface area contributed by atoms with Gasteiger partial charge in [-0.05, 0) is 30.5 Å². The second-order valence-electron chi connectivity index (χ2n) is 4.39. The lowest BCUT2D eigenvalue weighted by atomic mass is 10.1. The zero-order valence-corrected chi connectivity index (χ0v) is 11.5. The monoisotopic (exact) mass is 280 g/mol. The van der Waals surface area contributed by atoms with E-state index in [0.717, 1.165) is 26.1 Å². The van der Waals surface area contributed by atoms with Crippen molar-refractivity contribution in [2.24, 2.45) is 0 Å². The standard InChI is InChI=1S/C15H17FO2S/c16-15-10-12(2-1-7-17)3-4-13(15)11-19-14-5-8-18-9-6-14/h3-4,10,14,17H,5-9,11H2. The molecule has 2 nitrogen and oxygen atoms in total. The average Bonchev–Trinajstić information content (AvgIpc) is 2.45. The Morgan fingerprint density at radius 2 is 2.16 bits per heavy atom. The summed E-state index contributed by atoms with van der Waals surface area (Å²) in [6.07, 6.45) is 2.10. The number of halogens is 1. The number of aliphatic hydroxyl groups is 1. The molecule has 102 valence electrons. The van der Waals surface area contributed by atoms with Gasteiger partial charge in [0.2, 0.25) is 0 Å².